The second-order valence-electron chi connectivity index (χ2n) is 5.51. The molecule has 0 aromatic heterocycles. The first kappa shape index (κ1) is 15.2. The average molecular weight is 293 g/mol. The zero-order valence-corrected chi connectivity index (χ0v) is 12.1. The van der Waals surface area contributed by atoms with E-state index in [1.54, 1.807) is 0 Å². The Hall–Kier alpha value is -2.15. The number of rotatable bonds is 4. The number of carbonyl (C=O) groups excluding carboxylic acids is 1. The Kier molecular flexibility index (Phi) is 4.42. The van der Waals surface area contributed by atoms with Crippen LogP contribution in [0.1, 0.15) is 30.6 Å². The summed E-state index contributed by atoms with van der Waals surface area (Å²) in [5.74, 6) is -0.821. The molecule has 114 valence electrons. The number of carbonyl (C=O) groups is 1. The van der Waals surface area contributed by atoms with E-state index in [1.165, 1.54) is 6.07 Å². The third kappa shape index (κ3) is 3.49. The Morgan fingerprint density at radius 2 is 2.24 bits per heavy atom. The molecule has 21 heavy (non-hydrogen) atoms. The van der Waals surface area contributed by atoms with E-state index in [9.17, 15) is 20.0 Å². The molecule has 2 N–H and O–H groups in total. The van der Waals surface area contributed by atoms with Crippen molar-refractivity contribution >= 4 is 11.6 Å². The van der Waals surface area contributed by atoms with Crippen LogP contribution in [0.5, 0.6) is 5.75 Å². The molecular weight excluding hydrogens is 274 g/mol. The van der Waals surface area contributed by atoms with Crippen LogP contribution in [0.3, 0.4) is 0 Å². The number of nitrogens with zero attached hydrogens (tertiary/aromatic N) is 2. The lowest BCUT2D eigenvalue weighted by atomic mass is 10.1. The van der Waals surface area contributed by atoms with E-state index in [4.69, 9.17) is 0 Å². The molecule has 7 nitrogen and oxygen atoms in total. The summed E-state index contributed by atoms with van der Waals surface area (Å²) in [6.07, 6.45) is 0.878. The van der Waals surface area contributed by atoms with Crippen molar-refractivity contribution in [2.75, 3.05) is 13.1 Å². The van der Waals surface area contributed by atoms with E-state index in [-0.39, 0.29) is 17.5 Å². The van der Waals surface area contributed by atoms with Gasteiger partial charge in [0.25, 0.3) is 5.91 Å². The van der Waals surface area contributed by atoms with Crippen molar-refractivity contribution in [3.05, 3.63) is 33.9 Å². The fraction of sp³-hybridized carbons (Fsp3) is 0.500. The molecule has 1 amide bonds. The largest absolute Gasteiger partial charge is 0.502 e. The summed E-state index contributed by atoms with van der Waals surface area (Å²) in [6.45, 7) is 5.95. The van der Waals surface area contributed by atoms with Crippen molar-refractivity contribution in [3.8, 4) is 5.75 Å². The van der Waals surface area contributed by atoms with Crippen LogP contribution >= 0.6 is 0 Å². The average Bonchev–Trinajstić information content (AvgIpc) is 2.86. The molecule has 1 aliphatic rings. The van der Waals surface area contributed by atoms with E-state index >= 15 is 0 Å². The number of benzene rings is 1. The Labute approximate surface area is 122 Å². The van der Waals surface area contributed by atoms with Crippen molar-refractivity contribution in [3.63, 3.8) is 0 Å². The lowest BCUT2D eigenvalue weighted by Crippen LogP contribution is -2.38. The zero-order chi connectivity index (χ0) is 15.6. The second-order valence-corrected chi connectivity index (χ2v) is 5.51. The van der Waals surface area contributed by atoms with Crippen molar-refractivity contribution < 1.29 is 14.8 Å². The monoisotopic (exact) mass is 293 g/mol. The number of amides is 1. The zero-order valence-electron chi connectivity index (χ0n) is 12.1. The predicted molar refractivity (Wildman–Crippen MR) is 77.3 cm³/mol. The topological polar surface area (TPSA) is 95.7 Å². The molecule has 7 heteroatoms. The van der Waals surface area contributed by atoms with Gasteiger partial charge in [0.1, 0.15) is 0 Å². The lowest BCUT2D eigenvalue weighted by molar-refractivity contribution is -0.385. The molecule has 1 heterocycles. The molecule has 2 rings (SSSR count). The van der Waals surface area contributed by atoms with E-state index in [0.717, 1.165) is 31.6 Å². The van der Waals surface area contributed by atoms with Crippen molar-refractivity contribution in [1.82, 2.24) is 10.2 Å². The summed E-state index contributed by atoms with van der Waals surface area (Å²) in [7, 11) is 0. The summed E-state index contributed by atoms with van der Waals surface area (Å²) < 4.78 is 0. The Bertz CT molecular complexity index is 559. The van der Waals surface area contributed by atoms with E-state index in [1.807, 2.05) is 0 Å². The SMILES string of the molecule is CC(C)N1CCC(NC(=O)c2ccc([N+](=O)[O-])c(O)c2)C1. The summed E-state index contributed by atoms with van der Waals surface area (Å²) >= 11 is 0. The number of phenolic OH excluding ortho intramolecular Hbond substituents is 1. The van der Waals surface area contributed by atoms with E-state index in [0.29, 0.717) is 6.04 Å². The molecular formula is C14H19N3O4. The molecule has 0 bridgehead atoms. The molecule has 0 saturated carbocycles. The van der Waals surface area contributed by atoms with Gasteiger partial charge in [0.05, 0.1) is 4.92 Å². The number of nitro groups is 1. The van der Waals surface area contributed by atoms with Gasteiger partial charge in [0.15, 0.2) is 5.75 Å². The fourth-order valence-electron chi connectivity index (χ4n) is 2.46. The highest BCUT2D eigenvalue weighted by Gasteiger charge is 2.26. The summed E-state index contributed by atoms with van der Waals surface area (Å²) in [4.78, 5) is 24.3. The van der Waals surface area contributed by atoms with Gasteiger partial charge in [-0.2, -0.15) is 0 Å². The number of phenols is 1. The van der Waals surface area contributed by atoms with Gasteiger partial charge in [-0.15, -0.1) is 0 Å². The van der Waals surface area contributed by atoms with Gasteiger partial charge >= 0.3 is 5.69 Å². The minimum absolute atomic E-state index is 0.0669. The molecule has 0 spiro atoms. The summed E-state index contributed by atoms with van der Waals surface area (Å²) in [6, 6.07) is 4.12. The van der Waals surface area contributed by atoms with Gasteiger partial charge in [-0.3, -0.25) is 19.8 Å². The van der Waals surface area contributed by atoms with Crippen LogP contribution < -0.4 is 5.32 Å². The van der Waals surface area contributed by atoms with Crippen LogP contribution in [0, 0.1) is 10.1 Å². The number of hydrogen-bond acceptors (Lipinski definition) is 5. The molecule has 1 aromatic rings. The van der Waals surface area contributed by atoms with Crippen LogP contribution in [0.2, 0.25) is 0 Å². The maximum absolute atomic E-state index is 12.1. The predicted octanol–water partition coefficient (Wildman–Crippen LogP) is 1.51. The van der Waals surface area contributed by atoms with E-state index < -0.39 is 16.4 Å². The maximum atomic E-state index is 12.1. The van der Waals surface area contributed by atoms with E-state index in [2.05, 4.69) is 24.1 Å². The Morgan fingerprint density at radius 3 is 2.76 bits per heavy atom. The highest BCUT2D eigenvalue weighted by molar-refractivity contribution is 5.95. The molecule has 1 aromatic carbocycles. The summed E-state index contributed by atoms with van der Waals surface area (Å²) in [5, 5.41) is 23.1. The summed E-state index contributed by atoms with van der Waals surface area (Å²) in [5.41, 5.74) is -0.181. The molecule has 1 unspecified atom stereocenters. The minimum atomic E-state index is -0.686. The highest BCUT2D eigenvalue weighted by Crippen LogP contribution is 2.26. The van der Waals surface area contributed by atoms with Gasteiger partial charge in [0, 0.05) is 36.8 Å². The quantitative estimate of drug-likeness (QED) is 0.648. The second kappa shape index (κ2) is 6.09. The molecule has 1 atom stereocenters. The van der Waals surface area contributed by atoms with Gasteiger partial charge < -0.3 is 10.4 Å². The van der Waals surface area contributed by atoms with Crippen LogP contribution in [0.15, 0.2) is 18.2 Å². The third-order valence-electron chi connectivity index (χ3n) is 3.72. The number of hydrogen-bond donors (Lipinski definition) is 2. The molecule has 0 radical (unpaired) electrons. The smallest absolute Gasteiger partial charge is 0.310 e. The van der Waals surface area contributed by atoms with Crippen molar-refractivity contribution in [1.29, 1.82) is 0 Å². The van der Waals surface area contributed by atoms with Crippen molar-refractivity contribution in [2.24, 2.45) is 0 Å². The highest BCUT2D eigenvalue weighted by atomic mass is 16.6. The van der Waals surface area contributed by atoms with Gasteiger partial charge in [-0.05, 0) is 32.4 Å². The third-order valence-corrected chi connectivity index (χ3v) is 3.72. The first-order valence-electron chi connectivity index (χ1n) is 6.91. The molecule has 1 saturated heterocycles. The number of nitro benzene ring substituents is 1. The number of likely N-dealkylation sites (tertiary alicyclic amines) is 1. The molecule has 1 aliphatic heterocycles. The first-order valence-corrected chi connectivity index (χ1v) is 6.91. The Balaban J connectivity index is 2.01. The molecule has 1 fully saturated rings. The minimum Gasteiger partial charge on any atom is -0.502 e. The Morgan fingerprint density at radius 1 is 1.52 bits per heavy atom. The number of nitrogens with one attached hydrogen (secondary N) is 1. The van der Waals surface area contributed by atoms with Crippen LogP contribution in [0.25, 0.3) is 0 Å². The standard InChI is InChI=1S/C14H19N3O4/c1-9(2)16-6-5-11(8-16)15-14(19)10-3-4-12(17(20)21)13(18)7-10/h3-4,7,9,11,18H,5-6,8H2,1-2H3,(H,15,19). The number of aromatic hydroxyl groups is 1. The van der Waals surface area contributed by atoms with Crippen LogP contribution in [-0.4, -0.2) is 46.0 Å². The lowest BCUT2D eigenvalue weighted by Gasteiger charge is -2.20. The van der Waals surface area contributed by atoms with Crippen LogP contribution in [0.4, 0.5) is 5.69 Å². The van der Waals surface area contributed by atoms with Gasteiger partial charge in [-0.25, -0.2) is 0 Å². The van der Waals surface area contributed by atoms with Gasteiger partial charge in [-0.1, -0.05) is 0 Å². The molecule has 0 aliphatic carbocycles. The first-order chi connectivity index (χ1) is 9.88. The van der Waals surface area contributed by atoms with Gasteiger partial charge in [0.2, 0.25) is 0 Å². The maximum Gasteiger partial charge on any atom is 0.310 e. The normalized spacial score (nSPS) is 18.9. The van der Waals surface area contributed by atoms with Crippen molar-refractivity contribution in [2.45, 2.75) is 32.4 Å². The van der Waals surface area contributed by atoms with Crippen LogP contribution in [-0.2, 0) is 0 Å². The fourth-order valence-corrected chi connectivity index (χ4v) is 2.46.